The summed E-state index contributed by atoms with van der Waals surface area (Å²) in [6.45, 7) is 3.93. The summed E-state index contributed by atoms with van der Waals surface area (Å²) in [6.07, 6.45) is 2.07. The summed E-state index contributed by atoms with van der Waals surface area (Å²) in [5.41, 5.74) is -5.97. The van der Waals surface area contributed by atoms with Gasteiger partial charge in [0.15, 0.2) is 23.8 Å². The van der Waals surface area contributed by atoms with E-state index in [-0.39, 0.29) is 37.9 Å². The van der Waals surface area contributed by atoms with Crippen molar-refractivity contribution in [2.45, 2.75) is 75.9 Å². The van der Waals surface area contributed by atoms with E-state index in [2.05, 4.69) is 0 Å². The number of rotatable bonds is 3. The van der Waals surface area contributed by atoms with Crippen LogP contribution in [0.25, 0.3) is 0 Å². The van der Waals surface area contributed by atoms with Gasteiger partial charge in [0.25, 0.3) is 0 Å². The molecule has 0 bridgehead atoms. The SMILES string of the molecule is CC(=O)OCC(=O)[C@@]1(O)CCC2C3C[C@H](Cl)C4=CC(=O)CCC4(C)[C@@]3(F)C(=O)CC21C. The molecule has 0 radical (unpaired) electrons. The maximum Gasteiger partial charge on any atom is 0.303 e. The Balaban J connectivity index is 1.75. The third kappa shape index (κ3) is 2.78. The lowest BCUT2D eigenvalue weighted by Crippen LogP contribution is -2.69. The lowest BCUT2D eigenvalue weighted by molar-refractivity contribution is -0.189. The van der Waals surface area contributed by atoms with Crippen molar-refractivity contribution < 1.29 is 33.4 Å². The molecule has 6 nitrogen and oxygen atoms in total. The Morgan fingerprint density at radius 3 is 2.58 bits per heavy atom. The molecular formula is C23H28ClFO6. The van der Waals surface area contributed by atoms with Crippen LogP contribution in [0.1, 0.15) is 59.3 Å². The zero-order chi connectivity index (χ0) is 23.0. The summed E-state index contributed by atoms with van der Waals surface area (Å²) in [4.78, 5) is 49.5. The highest BCUT2D eigenvalue weighted by molar-refractivity contribution is 6.23. The molecule has 8 heteroatoms. The van der Waals surface area contributed by atoms with Crippen molar-refractivity contribution in [3.8, 4) is 0 Å². The van der Waals surface area contributed by atoms with Crippen LogP contribution in [0.5, 0.6) is 0 Å². The van der Waals surface area contributed by atoms with Crippen LogP contribution in [0.4, 0.5) is 4.39 Å². The molecule has 0 spiro atoms. The molecule has 0 amide bonds. The molecule has 31 heavy (non-hydrogen) atoms. The van der Waals surface area contributed by atoms with Crippen molar-refractivity contribution in [3.63, 3.8) is 0 Å². The molecular weight excluding hydrogens is 427 g/mol. The number of carbonyl (C=O) groups is 4. The fourth-order valence-corrected chi connectivity index (χ4v) is 7.53. The molecule has 3 saturated carbocycles. The molecule has 4 unspecified atom stereocenters. The zero-order valence-electron chi connectivity index (χ0n) is 18.0. The van der Waals surface area contributed by atoms with Gasteiger partial charge in [-0.3, -0.25) is 19.2 Å². The predicted octanol–water partition coefficient (Wildman–Crippen LogP) is 2.87. The van der Waals surface area contributed by atoms with Crippen LogP contribution in [-0.4, -0.2) is 51.7 Å². The number of aliphatic hydroxyl groups is 1. The van der Waals surface area contributed by atoms with Crippen molar-refractivity contribution >= 4 is 34.9 Å². The Bertz CT molecular complexity index is 916. The highest BCUT2D eigenvalue weighted by Gasteiger charge is 2.75. The first kappa shape index (κ1) is 22.6. The Morgan fingerprint density at radius 2 is 1.94 bits per heavy atom. The van der Waals surface area contributed by atoms with Crippen molar-refractivity contribution in [2.24, 2.45) is 22.7 Å². The van der Waals surface area contributed by atoms with E-state index in [1.807, 2.05) is 0 Å². The first-order valence-electron chi connectivity index (χ1n) is 10.8. The Kier molecular flexibility index (Phi) is 5.06. The van der Waals surface area contributed by atoms with Crippen LogP contribution in [0, 0.1) is 22.7 Å². The number of ether oxygens (including phenoxy) is 1. The van der Waals surface area contributed by atoms with Gasteiger partial charge >= 0.3 is 5.97 Å². The van der Waals surface area contributed by atoms with Gasteiger partial charge in [0, 0.05) is 36.5 Å². The third-order valence-electron chi connectivity index (χ3n) is 8.80. The van der Waals surface area contributed by atoms with E-state index >= 15 is 4.39 Å². The quantitative estimate of drug-likeness (QED) is 0.520. The Morgan fingerprint density at radius 1 is 1.26 bits per heavy atom. The summed E-state index contributed by atoms with van der Waals surface area (Å²) in [6, 6.07) is 0. The van der Waals surface area contributed by atoms with Gasteiger partial charge in [-0.1, -0.05) is 13.8 Å². The van der Waals surface area contributed by atoms with Gasteiger partial charge < -0.3 is 9.84 Å². The summed E-state index contributed by atoms with van der Waals surface area (Å²) < 4.78 is 21.8. The second-order valence-electron chi connectivity index (χ2n) is 10.1. The van der Waals surface area contributed by atoms with E-state index in [0.29, 0.717) is 12.0 Å². The molecule has 0 saturated heterocycles. The molecule has 4 rings (SSSR count). The topological polar surface area (TPSA) is 97.7 Å². The first-order chi connectivity index (χ1) is 14.3. The molecule has 4 aliphatic rings. The molecule has 0 aliphatic heterocycles. The number of alkyl halides is 2. The van der Waals surface area contributed by atoms with Crippen molar-refractivity contribution in [1.29, 1.82) is 0 Å². The van der Waals surface area contributed by atoms with Gasteiger partial charge in [0.2, 0.25) is 5.78 Å². The van der Waals surface area contributed by atoms with E-state index < -0.39 is 63.5 Å². The zero-order valence-corrected chi connectivity index (χ0v) is 18.8. The fourth-order valence-electron chi connectivity index (χ4n) is 7.03. The average Bonchev–Trinajstić information content (AvgIpc) is 2.96. The molecule has 7 atom stereocenters. The minimum atomic E-state index is -2.21. The van der Waals surface area contributed by atoms with Crippen LogP contribution < -0.4 is 0 Å². The van der Waals surface area contributed by atoms with E-state index in [9.17, 15) is 24.3 Å². The van der Waals surface area contributed by atoms with E-state index in [0.717, 1.165) is 0 Å². The lowest BCUT2D eigenvalue weighted by atomic mass is 9.44. The minimum Gasteiger partial charge on any atom is -0.458 e. The molecule has 1 N–H and O–H groups in total. The molecule has 4 aliphatic carbocycles. The summed E-state index contributed by atoms with van der Waals surface area (Å²) in [5.74, 6) is -3.29. The summed E-state index contributed by atoms with van der Waals surface area (Å²) in [5, 5.41) is 10.8. The van der Waals surface area contributed by atoms with Crippen molar-refractivity contribution in [3.05, 3.63) is 11.6 Å². The van der Waals surface area contributed by atoms with Crippen LogP contribution >= 0.6 is 11.6 Å². The number of ketones is 3. The number of halogens is 2. The smallest absolute Gasteiger partial charge is 0.303 e. The molecule has 0 aromatic rings. The highest BCUT2D eigenvalue weighted by atomic mass is 35.5. The van der Waals surface area contributed by atoms with Gasteiger partial charge in [-0.25, -0.2) is 4.39 Å². The Hall–Kier alpha value is -1.60. The molecule has 0 heterocycles. The number of fused-ring (bicyclic) bond motifs is 5. The maximum atomic E-state index is 17.0. The largest absolute Gasteiger partial charge is 0.458 e. The van der Waals surface area contributed by atoms with Crippen molar-refractivity contribution in [1.82, 2.24) is 0 Å². The number of hydrogen-bond donors (Lipinski definition) is 1. The normalized spacial score (nSPS) is 46.5. The van der Waals surface area contributed by atoms with E-state index in [1.165, 1.54) is 13.0 Å². The number of esters is 1. The maximum absolute atomic E-state index is 17.0. The second-order valence-corrected chi connectivity index (χ2v) is 10.7. The molecule has 3 fully saturated rings. The second kappa shape index (κ2) is 6.95. The number of allylic oxidation sites excluding steroid dienone is 1. The van der Waals surface area contributed by atoms with Crippen LogP contribution in [0.2, 0.25) is 0 Å². The van der Waals surface area contributed by atoms with E-state index in [4.69, 9.17) is 16.3 Å². The van der Waals surface area contributed by atoms with Gasteiger partial charge in [-0.2, -0.15) is 0 Å². The Labute approximate surface area is 185 Å². The van der Waals surface area contributed by atoms with Gasteiger partial charge in [-0.15, -0.1) is 11.6 Å². The fraction of sp³-hybridized carbons (Fsp3) is 0.739. The first-order valence-corrected chi connectivity index (χ1v) is 11.2. The minimum absolute atomic E-state index is 0.0684. The lowest BCUT2D eigenvalue weighted by Gasteiger charge is -2.61. The van der Waals surface area contributed by atoms with Crippen LogP contribution in [0.15, 0.2) is 11.6 Å². The summed E-state index contributed by atoms with van der Waals surface area (Å²) in [7, 11) is 0. The monoisotopic (exact) mass is 454 g/mol. The van der Waals surface area contributed by atoms with Crippen molar-refractivity contribution in [2.75, 3.05) is 6.61 Å². The number of Topliss-reactive ketones (excluding diaryl/α,β-unsaturated/α-hetero) is 2. The molecule has 0 aromatic carbocycles. The number of hydrogen-bond acceptors (Lipinski definition) is 6. The van der Waals surface area contributed by atoms with E-state index in [1.54, 1.807) is 13.8 Å². The number of carbonyl (C=O) groups excluding carboxylic acids is 4. The third-order valence-corrected chi connectivity index (χ3v) is 9.22. The molecule has 0 aromatic heterocycles. The molecule has 170 valence electrons. The standard InChI is InChI=1S/C23H28ClFO6/c1-12(26)31-11-19(29)22(30)7-5-14-15-9-17(24)16-8-13(27)4-6-20(16,2)23(15,25)18(28)10-21(14,22)3/h8,14-15,17,30H,4-7,9-11H2,1-3H3/t14?,15?,17-,20?,21?,22-,23-/m0/s1. The van der Waals surface area contributed by atoms with Gasteiger partial charge in [0.1, 0.15) is 5.60 Å². The predicted molar refractivity (Wildman–Crippen MR) is 109 cm³/mol. The van der Waals surface area contributed by atoms with Gasteiger partial charge in [-0.05, 0) is 43.3 Å². The summed E-state index contributed by atoms with van der Waals surface area (Å²) >= 11 is 6.64. The average molecular weight is 455 g/mol. The van der Waals surface area contributed by atoms with Gasteiger partial charge in [0.05, 0.1) is 5.38 Å². The van der Waals surface area contributed by atoms with Crippen LogP contribution in [-0.2, 0) is 23.9 Å². The van der Waals surface area contributed by atoms with Crippen LogP contribution in [0.3, 0.4) is 0 Å². The highest BCUT2D eigenvalue weighted by Crippen LogP contribution is 2.69.